The Labute approximate surface area is 60.1 Å². The van der Waals surface area contributed by atoms with E-state index < -0.39 is 0 Å². The number of hydrogen-bond acceptors (Lipinski definition) is 1. The molecule has 0 saturated carbocycles. The molecule has 0 radical (unpaired) electrons. The van der Waals surface area contributed by atoms with E-state index >= 15 is 0 Å². The van der Waals surface area contributed by atoms with Crippen molar-refractivity contribution in [3.63, 3.8) is 0 Å². The van der Waals surface area contributed by atoms with Crippen molar-refractivity contribution in [3.05, 3.63) is 36.8 Å². The molecule has 0 aromatic heterocycles. The molecule has 0 bridgehead atoms. The Hall–Kier alpha value is -1.05. The average molecular weight is 139 g/mol. The van der Waals surface area contributed by atoms with Crippen LogP contribution in [-0.4, -0.2) is 18.0 Å². The summed E-state index contributed by atoms with van der Waals surface area (Å²) >= 11 is 0. The minimum Gasteiger partial charge on any atom is -0.370 e. The number of rotatable bonds is 2. The van der Waals surface area contributed by atoms with E-state index in [1.165, 1.54) is 6.08 Å². The van der Waals surface area contributed by atoms with Gasteiger partial charge in [0, 0.05) is 19.3 Å². The second-order valence-electron chi connectivity index (χ2n) is 2.15. The summed E-state index contributed by atoms with van der Waals surface area (Å²) < 4.78 is 12.3. The van der Waals surface area contributed by atoms with Gasteiger partial charge in [-0.15, -0.1) is 6.58 Å². The zero-order chi connectivity index (χ0) is 7.40. The first kappa shape index (κ1) is 7.06. The summed E-state index contributed by atoms with van der Waals surface area (Å²) in [6, 6.07) is 0. The van der Waals surface area contributed by atoms with E-state index in [-0.39, 0.29) is 5.83 Å². The van der Waals surface area contributed by atoms with E-state index in [0.717, 1.165) is 6.54 Å². The lowest BCUT2D eigenvalue weighted by Gasteiger charge is -2.18. The summed E-state index contributed by atoms with van der Waals surface area (Å²) in [5.41, 5.74) is 0. The lowest BCUT2D eigenvalue weighted by atomic mass is 10.3. The maximum atomic E-state index is 12.3. The van der Waals surface area contributed by atoms with Gasteiger partial charge in [-0.2, -0.15) is 0 Å². The lowest BCUT2D eigenvalue weighted by Crippen LogP contribution is -2.18. The molecule has 1 aliphatic heterocycles. The fourth-order valence-electron chi connectivity index (χ4n) is 0.811. The monoisotopic (exact) mass is 139 g/mol. The van der Waals surface area contributed by atoms with Crippen molar-refractivity contribution in [1.82, 2.24) is 4.90 Å². The summed E-state index contributed by atoms with van der Waals surface area (Å²) in [4.78, 5) is 1.97. The highest BCUT2D eigenvalue weighted by Gasteiger charge is 2.00. The highest BCUT2D eigenvalue weighted by atomic mass is 19.1. The highest BCUT2D eigenvalue weighted by Crippen LogP contribution is 2.06. The molecule has 0 spiro atoms. The second-order valence-corrected chi connectivity index (χ2v) is 2.15. The molecule has 0 N–H and O–H groups in total. The Morgan fingerprint density at radius 3 is 3.10 bits per heavy atom. The number of hydrogen-bond donors (Lipinski definition) is 0. The fourth-order valence-corrected chi connectivity index (χ4v) is 0.811. The zero-order valence-corrected chi connectivity index (χ0v) is 5.76. The molecule has 0 atom stereocenters. The molecule has 0 fully saturated rings. The summed E-state index contributed by atoms with van der Waals surface area (Å²) in [6.07, 6.45) is 6.52. The molecule has 0 unspecified atom stereocenters. The molecule has 0 amide bonds. The van der Waals surface area contributed by atoms with Gasteiger partial charge in [0.25, 0.3) is 0 Å². The predicted molar refractivity (Wildman–Crippen MR) is 40.1 cm³/mol. The van der Waals surface area contributed by atoms with E-state index in [2.05, 4.69) is 6.58 Å². The zero-order valence-electron chi connectivity index (χ0n) is 5.76. The molecule has 1 rings (SSSR count). The predicted octanol–water partition coefficient (Wildman–Crippen LogP) is 1.86. The van der Waals surface area contributed by atoms with Crippen LogP contribution in [-0.2, 0) is 0 Å². The Morgan fingerprint density at radius 2 is 2.60 bits per heavy atom. The summed E-state index contributed by atoms with van der Waals surface area (Å²) in [7, 11) is 0. The van der Waals surface area contributed by atoms with Crippen LogP contribution in [0.25, 0.3) is 0 Å². The molecule has 1 heterocycles. The van der Waals surface area contributed by atoms with Crippen LogP contribution in [0.2, 0.25) is 0 Å². The van der Waals surface area contributed by atoms with Crippen LogP contribution in [0.4, 0.5) is 4.39 Å². The van der Waals surface area contributed by atoms with Gasteiger partial charge in [0.1, 0.15) is 5.83 Å². The number of allylic oxidation sites excluding steroid dienone is 2. The van der Waals surface area contributed by atoms with Crippen molar-refractivity contribution >= 4 is 0 Å². The van der Waals surface area contributed by atoms with Gasteiger partial charge in [-0.1, -0.05) is 6.08 Å². The van der Waals surface area contributed by atoms with Gasteiger partial charge in [-0.3, -0.25) is 0 Å². The quantitative estimate of drug-likeness (QED) is 0.528. The molecule has 1 nitrogen and oxygen atoms in total. The van der Waals surface area contributed by atoms with Crippen molar-refractivity contribution in [2.24, 2.45) is 0 Å². The maximum absolute atomic E-state index is 12.3. The van der Waals surface area contributed by atoms with Gasteiger partial charge in [-0.25, -0.2) is 4.39 Å². The van der Waals surface area contributed by atoms with Crippen molar-refractivity contribution in [2.75, 3.05) is 13.1 Å². The normalized spacial score (nSPS) is 16.9. The summed E-state index contributed by atoms with van der Waals surface area (Å²) in [6.45, 7) is 5.01. The van der Waals surface area contributed by atoms with Gasteiger partial charge in [0.05, 0.1) is 0 Å². The molecule has 2 heteroatoms. The van der Waals surface area contributed by atoms with Gasteiger partial charge in [0.15, 0.2) is 0 Å². The van der Waals surface area contributed by atoms with E-state index in [4.69, 9.17) is 0 Å². The molecular formula is C8H10FN. The first-order chi connectivity index (χ1) is 4.83. The van der Waals surface area contributed by atoms with Crippen LogP contribution < -0.4 is 0 Å². The highest BCUT2D eigenvalue weighted by molar-refractivity contribution is 5.15. The van der Waals surface area contributed by atoms with E-state index in [0.29, 0.717) is 6.54 Å². The van der Waals surface area contributed by atoms with Crippen molar-refractivity contribution < 1.29 is 4.39 Å². The smallest absolute Gasteiger partial charge is 0.122 e. The minimum absolute atomic E-state index is 0.152. The largest absolute Gasteiger partial charge is 0.370 e. The first-order valence-corrected chi connectivity index (χ1v) is 3.22. The molecule has 0 saturated heterocycles. The van der Waals surface area contributed by atoms with Crippen LogP contribution in [0.1, 0.15) is 0 Å². The summed E-state index contributed by atoms with van der Waals surface area (Å²) in [5.74, 6) is -0.152. The molecule has 0 aliphatic carbocycles. The third-order valence-electron chi connectivity index (χ3n) is 1.33. The third-order valence-corrected chi connectivity index (χ3v) is 1.33. The SMILES string of the molecule is C=CCN1C=CC(F)=CC1. The van der Waals surface area contributed by atoms with Gasteiger partial charge in [-0.05, 0) is 12.2 Å². The average Bonchev–Trinajstić information content (AvgIpc) is 1.95. The third kappa shape index (κ3) is 1.72. The standard InChI is InChI=1S/C8H10FN/c1-2-5-10-6-3-8(9)4-7-10/h2-4,6H,1,5,7H2. The lowest BCUT2D eigenvalue weighted by molar-refractivity contribution is 0.445. The molecule has 54 valence electrons. The topological polar surface area (TPSA) is 3.24 Å². The Bertz CT molecular complexity index is 182. The minimum atomic E-state index is -0.152. The Kier molecular flexibility index (Phi) is 2.26. The van der Waals surface area contributed by atoms with Crippen LogP contribution in [0.3, 0.4) is 0 Å². The van der Waals surface area contributed by atoms with Gasteiger partial charge < -0.3 is 4.90 Å². The van der Waals surface area contributed by atoms with Gasteiger partial charge in [0.2, 0.25) is 0 Å². The van der Waals surface area contributed by atoms with Gasteiger partial charge >= 0.3 is 0 Å². The van der Waals surface area contributed by atoms with Crippen molar-refractivity contribution in [1.29, 1.82) is 0 Å². The molecule has 0 aromatic carbocycles. The Balaban J connectivity index is 2.44. The van der Waals surface area contributed by atoms with E-state index in [1.807, 2.05) is 4.90 Å². The van der Waals surface area contributed by atoms with E-state index in [9.17, 15) is 4.39 Å². The molecule has 0 aromatic rings. The maximum Gasteiger partial charge on any atom is 0.122 e. The van der Waals surface area contributed by atoms with Crippen LogP contribution in [0, 0.1) is 0 Å². The number of halogens is 1. The molecule has 10 heavy (non-hydrogen) atoms. The number of nitrogens with zero attached hydrogens (tertiary/aromatic N) is 1. The Morgan fingerprint density at radius 1 is 1.80 bits per heavy atom. The summed E-state index contributed by atoms with van der Waals surface area (Å²) in [5, 5.41) is 0. The van der Waals surface area contributed by atoms with Crippen LogP contribution in [0.15, 0.2) is 36.8 Å². The van der Waals surface area contributed by atoms with Crippen molar-refractivity contribution in [3.8, 4) is 0 Å². The second kappa shape index (κ2) is 3.20. The fraction of sp³-hybridized carbons (Fsp3) is 0.250. The van der Waals surface area contributed by atoms with Crippen LogP contribution >= 0.6 is 0 Å². The first-order valence-electron chi connectivity index (χ1n) is 3.22. The van der Waals surface area contributed by atoms with E-state index in [1.54, 1.807) is 18.4 Å². The van der Waals surface area contributed by atoms with Crippen molar-refractivity contribution in [2.45, 2.75) is 0 Å². The van der Waals surface area contributed by atoms with Crippen LogP contribution in [0.5, 0.6) is 0 Å². The molecule has 1 aliphatic rings. The molecular weight excluding hydrogens is 129 g/mol.